The molecule has 1 aromatic heterocycles. The number of rotatable bonds is 1. The Kier molecular flexibility index (Phi) is 3.96. The first-order valence-electron chi connectivity index (χ1n) is 4.91. The Labute approximate surface area is 111 Å². The summed E-state index contributed by atoms with van der Waals surface area (Å²) < 4.78 is 0. The first kappa shape index (κ1) is 13.7. The fourth-order valence-electron chi connectivity index (χ4n) is 1.72. The summed E-state index contributed by atoms with van der Waals surface area (Å²) in [6, 6.07) is 5.64. The monoisotopic (exact) mass is 269 g/mol. The maximum absolute atomic E-state index is 7.39. The molecule has 0 fully saturated rings. The van der Waals surface area contributed by atoms with Gasteiger partial charge in [-0.3, -0.25) is 5.41 Å². The van der Waals surface area contributed by atoms with E-state index in [9.17, 15) is 0 Å². The number of nitrogens with two attached hydrogens (primary N) is 1. The third-order valence-corrected chi connectivity index (χ3v) is 2.90. The van der Waals surface area contributed by atoms with Gasteiger partial charge in [-0.05, 0) is 31.0 Å². The van der Waals surface area contributed by atoms with Crippen LogP contribution in [0.4, 0.5) is 0 Å². The molecule has 3 nitrogen and oxygen atoms in total. The zero-order valence-electron chi connectivity index (χ0n) is 9.54. The van der Waals surface area contributed by atoms with Crippen molar-refractivity contribution < 1.29 is 0 Å². The molecule has 0 amide bonds. The summed E-state index contributed by atoms with van der Waals surface area (Å²) >= 11 is 6.19. The van der Waals surface area contributed by atoms with Gasteiger partial charge in [0, 0.05) is 5.39 Å². The van der Waals surface area contributed by atoms with Crippen molar-refractivity contribution in [2.45, 2.75) is 13.8 Å². The van der Waals surface area contributed by atoms with Gasteiger partial charge in [0.15, 0.2) is 0 Å². The molecule has 0 atom stereocenters. The maximum atomic E-state index is 7.39. The van der Waals surface area contributed by atoms with Crippen LogP contribution in [0.1, 0.15) is 16.8 Å². The van der Waals surface area contributed by atoms with Crippen molar-refractivity contribution in [1.82, 2.24) is 4.98 Å². The van der Waals surface area contributed by atoms with Crippen molar-refractivity contribution in [3.05, 3.63) is 40.0 Å². The van der Waals surface area contributed by atoms with E-state index >= 15 is 0 Å². The molecule has 0 aliphatic rings. The number of amidine groups is 1. The second-order valence-corrected chi connectivity index (χ2v) is 4.23. The van der Waals surface area contributed by atoms with Gasteiger partial charge in [0.1, 0.15) is 11.5 Å². The van der Waals surface area contributed by atoms with Crippen molar-refractivity contribution in [2.24, 2.45) is 5.73 Å². The van der Waals surface area contributed by atoms with Gasteiger partial charge in [-0.2, -0.15) is 0 Å². The summed E-state index contributed by atoms with van der Waals surface area (Å²) in [6.07, 6.45) is 0. The summed E-state index contributed by atoms with van der Waals surface area (Å²) in [4.78, 5) is 4.36. The lowest BCUT2D eigenvalue weighted by molar-refractivity contribution is 1.28. The highest BCUT2D eigenvalue weighted by Gasteiger charge is 2.09. The van der Waals surface area contributed by atoms with Crippen LogP contribution in [0.25, 0.3) is 10.9 Å². The van der Waals surface area contributed by atoms with E-state index in [1.807, 2.05) is 26.0 Å². The standard InChI is InChI=1S/C12H12ClN3.ClH/c1-6-3-4-7(2)11-10(6)8(13)5-9(16-11)12(14)15;/h3-5H,1-2H3,(H3,14,15);1H. The molecular formula is C12H13Cl2N3. The van der Waals surface area contributed by atoms with Crippen molar-refractivity contribution in [3.8, 4) is 0 Å². The molecule has 0 saturated carbocycles. The van der Waals surface area contributed by atoms with E-state index in [2.05, 4.69) is 4.98 Å². The van der Waals surface area contributed by atoms with Gasteiger partial charge in [-0.25, -0.2) is 4.98 Å². The summed E-state index contributed by atoms with van der Waals surface area (Å²) in [5, 5.41) is 8.92. The summed E-state index contributed by atoms with van der Waals surface area (Å²) in [5.74, 6) is -0.0651. The zero-order valence-corrected chi connectivity index (χ0v) is 11.1. The first-order valence-corrected chi connectivity index (χ1v) is 5.29. The average Bonchev–Trinajstić information content (AvgIpc) is 2.22. The van der Waals surface area contributed by atoms with Gasteiger partial charge in [0.25, 0.3) is 0 Å². The van der Waals surface area contributed by atoms with E-state index in [1.165, 1.54) is 0 Å². The minimum atomic E-state index is -0.0651. The molecule has 0 spiro atoms. The van der Waals surface area contributed by atoms with Gasteiger partial charge in [0.05, 0.1) is 10.5 Å². The molecule has 1 aromatic carbocycles. The van der Waals surface area contributed by atoms with Crippen molar-refractivity contribution in [1.29, 1.82) is 5.41 Å². The van der Waals surface area contributed by atoms with Gasteiger partial charge in [-0.1, -0.05) is 23.7 Å². The number of halogens is 2. The van der Waals surface area contributed by atoms with Crippen LogP contribution in [0, 0.1) is 19.3 Å². The second-order valence-electron chi connectivity index (χ2n) is 3.83. The van der Waals surface area contributed by atoms with E-state index in [4.69, 9.17) is 22.7 Å². The molecule has 2 rings (SSSR count). The fraction of sp³-hybridized carbons (Fsp3) is 0.167. The number of hydrogen-bond donors (Lipinski definition) is 2. The highest BCUT2D eigenvalue weighted by atomic mass is 35.5. The number of nitrogens with one attached hydrogen (secondary N) is 1. The molecule has 2 aromatic rings. The minimum Gasteiger partial charge on any atom is -0.382 e. The predicted octanol–water partition coefficient (Wildman–Crippen LogP) is 3.21. The third kappa shape index (κ3) is 2.35. The van der Waals surface area contributed by atoms with E-state index < -0.39 is 0 Å². The van der Waals surface area contributed by atoms with E-state index in [0.717, 1.165) is 22.0 Å². The molecule has 1 heterocycles. The van der Waals surface area contributed by atoms with E-state index in [-0.39, 0.29) is 18.2 Å². The highest BCUT2D eigenvalue weighted by molar-refractivity contribution is 6.36. The number of aryl methyl sites for hydroxylation is 2. The number of benzene rings is 1. The van der Waals surface area contributed by atoms with Crippen molar-refractivity contribution >= 4 is 40.7 Å². The Morgan fingerprint density at radius 3 is 2.47 bits per heavy atom. The van der Waals surface area contributed by atoms with Gasteiger partial charge >= 0.3 is 0 Å². The summed E-state index contributed by atoms with van der Waals surface area (Å²) in [7, 11) is 0. The van der Waals surface area contributed by atoms with Gasteiger partial charge < -0.3 is 5.73 Å². The molecule has 0 saturated heterocycles. The Bertz CT molecular complexity index is 594. The Morgan fingerprint density at radius 2 is 1.88 bits per heavy atom. The predicted molar refractivity (Wildman–Crippen MR) is 74.5 cm³/mol. The second kappa shape index (κ2) is 4.90. The largest absolute Gasteiger partial charge is 0.382 e. The smallest absolute Gasteiger partial charge is 0.141 e. The molecule has 0 aliphatic heterocycles. The van der Waals surface area contributed by atoms with Crippen molar-refractivity contribution in [2.75, 3.05) is 0 Å². The SMILES string of the molecule is Cc1ccc(C)c2c(Cl)cc(C(=N)N)nc12.Cl. The number of nitrogens with zero attached hydrogens (tertiary/aromatic N) is 1. The lowest BCUT2D eigenvalue weighted by Crippen LogP contribution is -2.13. The number of aromatic nitrogens is 1. The minimum absolute atomic E-state index is 0. The molecule has 0 bridgehead atoms. The lowest BCUT2D eigenvalue weighted by atomic mass is 10.0. The normalized spacial score (nSPS) is 10.1. The van der Waals surface area contributed by atoms with Crippen LogP contribution in [-0.4, -0.2) is 10.8 Å². The molecule has 0 unspecified atom stereocenters. The lowest BCUT2D eigenvalue weighted by Gasteiger charge is -2.08. The van der Waals surface area contributed by atoms with Crippen LogP contribution in [0.2, 0.25) is 5.02 Å². The topological polar surface area (TPSA) is 62.8 Å². The van der Waals surface area contributed by atoms with E-state index in [0.29, 0.717) is 10.7 Å². The van der Waals surface area contributed by atoms with Gasteiger partial charge in [-0.15, -0.1) is 12.4 Å². The number of hydrogen-bond acceptors (Lipinski definition) is 2. The molecule has 0 radical (unpaired) electrons. The summed E-state index contributed by atoms with van der Waals surface area (Å²) in [6.45, 7) is 3.96. The average molecular weight is 270 g/mol. The Morgan fingerprint density at radius 1 is 1.29 bits per heavy atom. The third-order valence-electron chi connectivity index (χ3n) is 2.60. The molecule has 90 valence electrons. The fourth-order valence-corrected chi connectivity index (χ4v) is 2.07. The molecule has 0 aliphatic carbocycles. The maximum Gasteiger partial charge on any atom is 0.141 e. The van der Waals surface area contributed by atoms with Crippen LogP contribution in [0.3, 0.4) is 0 Å². The van der Waals surface area contributed by atoms with Crippen LogP contribution in [0.5, 0.6) is 0 Å². The van der Waals surface area contributed by atoms with Crippen molar-refractivity contribution in [3.63, 3.8) is 0 Å². The molecule has 5 heteroatoms. The molecule has 3 N–H and O–H groups in total. The van der Waals surface area contributed by atoms with E-state index in [1.54, 1.807) is 6.07 Å². The summed E-state index contributed by atoms with van der Waals surface area (Å²) in [5.41, 5.74) is 8.77. The van der Waals surface area contributed by atoms with Gasteiger partial charge in [0.2, 0.25) is 0 Å². The highest BCUT2D eigenvalue weighted by Crippen LogP contribution is 2.28. The van der Waals surface area contributed by atoms with Crippen LogP contribution < -0.4 is 5.73 Å². The molecule has 17 heavy (non-hydrogen) atoms. The van der Waals surface area contributed by atoms with Crippen LogP contribution >= 0.6 is 24.0 Å². The first-order chi connectivity index (χ1) is 7.50. The number of nitrogen functional groups attached to an aromatic ring is 1. The van der Waals surface area contributed by atoms with Crippen LogP contribution in [-0.2, 0) is 0 Å². The van der Waals surface area contributed by atoms with Crippen LogP contribution in [0.15, 0.2) is 18.2 Å². The molecular weight excluding hydrogens is 257 g/mol. The number of fused-ring (bicyclic) bond motifs is 1. The Hall–Kier alpha value is -1.32. The zero-order chi connectivity index (χ0) is 11.9. The Balaban J connectivity index is 0.00000144. The quantitative estimate of drug-likeness (QED) is 0.617. The number of pyridine rings is 1.